The van der Waals surface area contributed by atoms with E-state index in [0.717, 1.165) is 25.0 Å². The summed E-state index contributed by atoms with van der Waals surface area (Å²) in [5.74, 6) is 2.66. The van der Waals surface area contributed by atoms with Crippen molar-refractivity contribution in [3.8, 4) is 0 Å². The van der Waals surface area contributed by atoms with Gasteiger partial charge < -0.3 is 25.3 Å². The molecule has 1 atom stereocenters. The molecular formula is C25H32N12O2. The van der Waals surface area contributed by atoms with Crippen LogP contribution < -0.4 is 20.4 Å². The van der Waals surface area contributed by atoms with E-state index >= 15 is 0 Å². The molecule has 0 radical (unpaired) electrons. The lowest BCUT2D eigenvalue weighted by Crippen LogP contribution is -2.52. The van der Waals surface area contributed by atoms with Crippen molar-refractivity contribution in [3.63, 3.8) is 0 Å². The van der Waals surface area contributed by atoms with Gasteiger partial charge in [-0.25, -0.2) is 4.98 Å². The van der Waals surface area contributed by atoms with Crippen LogP contribution in [-0.2, 0) is 9.59 Å². The number of piperazine rings is 1. The first-order valence-corrected chi connectivity index (χ1v) is 13.3. The first-order valence-electron chi connectivity index (χ1n) is 13.3. The molecule has 3 aliphatic rings. The third-order valence-electron chi connectivity index (χ3n) is 7.65. The Morgan fingerprint density at radius 1 is 1.03 bits per heavy atom. The fourth-order valence-corrected chi connectivity index (χ4v) is 5.15. The van der Waals surface area contributed by atoms with Gasteiger partial charge in [-0.1, -0.05) is 0 Å². The van der Waals surface area contributed by atoms with Gasteiger partial charge >= 0.3 is 0 Å². The van der Waals surface area contributed by atoms with Gasteiger partial charge in [0.25, 0.3) is 5.91 Å². The summed E-state index contributed by atoms with van der Waals surface area (Å²) < 4.78 is 0. The average Bonchev–Trinajstić information content (AvgIpc) is 3.56. The Morgan fingerprint density at radius 2 is 1.82 bits per heavy atom. The lowest BCUT2D eigenvalue weighted by Gasteiger charge is -2.36. The molecule has 1 unspecified atom stereocenters. The molecule has 204 valence electrons. The summed E-state index contributed by atoms with van der Waals surface area (Å²) in [5, 5.41) is 13.6. The van der Waals surface area contributed by atoms with E-state index in [2.05, 4.69) is 30.8 Å². The van der Waals surface area contributed by atoms with Gasteiger partial charge in [0, 0.05) is 69.7 Å². The van der Waals surface area contributed by atoms with Crippen molar-refractivity contribution >= 4 is 41.3 Å². The number of H-pyrrole nitrogens is 1. The summed E-state index contributed by atoms with van der Waals surface area (Å²) >= 11 is 0. The first-order chi connectivity index (χ1) is 18.9. The van der Waals surface area contributed by atoms with E-state index in [0.29, 0.717) is 74.5 Å². The van der Waals surface area contributed by atoms with Crippen molar-refractivity contribution in [2.24, 2.45) is 0 Å². The average molecular weight is 533 g/mol. The Bertz CT molecular complexity index is 1350. The Labute approximate surface area is 225 Å². The summed E-state index contributed by atoms with van der Waals surface area (Å²) in [5.41, 5.74) is 0.201. The van der Waals surface area contributed by atoms with Gasteiger partial charge in [-0.2, -0.15) is 20.1 Å². The monoisotopic (exact) mass is 532 g/mol. The highest BCUT2D eigenvalue weighted by Gasteiger charge is 2.45. The van der Waals surface area contributed by atoms with Crippen LogP contribution in [0.25, 0.3) is 0 Å². The second-order valence-electron chi connectivity index (χ2n) is 10.4. The molecule has 3 fully saturated rings. The van der Waals surface area contributed by atoms with E-state index < -0.39 is 5.54 Å². The number of amides is 2. The normalized spacial score (nSPS) is 21.2. The van der Waals surface area contributed by atoms with Crippen LogP contribution in [0.3, 0.4) is 0 Å². The Balaban J connectivity index is 1.30. The number of carbonyl (C=O) groups excluding carboxylic acids is 2. The van der Waals surface area contributed by atoms with Crippen molar-refractivity contribution in [1.29, 1.82) is 0 Å². The van der Waals surface area contributed by atoms with E-state index in [1.807, 2.05) is 27.7 Å². The predicted molar refractivity (Wildman–Crippen MR) is 144 cm³/mol. The molecule has 14 nitrogen and oxygen atoms in total. The maximum absolute atomic E-state index is 13.5. The van der Waals surface area contributed by atoms with Gasteiger partial charge in [-0.3, -0.25) is 19.7 Å². The lowest BCUT2D eigenvalue weighted by atomic mass is 9.98. The second-order valence-corrected chi connectivity index (χ2v) is 10.4. The van der Waals surface area contributed by atoms with Crippen LogP contribution in [0.5, 0.6) is 0 Å². The number of carbonyl (C=O) groups is 2. The zero-order valence-electron chi connectivity index (χ0n) is 22.1. The molecular weight excluding hydrogens is 500 g/mol. The van der Waals surface area contributed by atoms with E-state index in [9.17, 15) is 9.59 Å². The molecule has 1 saturated carbocycles. The van der Waals surface area contributed by atoms with Crippen molar-refractivity contribution in [2.45, 2.75) is 51.0 Å². The van der Waals surface area contributed by atoms with Gasteiger partial charge in [0.15, 0.2) is 11.6 Å². The molecule has 39 heavy (non-hydrogen) atoms. The van der Waals surface area contributed by atoms with E-state index in [-0.39, 0.29) is 11.8 Å². The molecule has 14 heteroatoms. The van der Waals surface area contributed by atoms with Crippen LogP contribution in [0.2, 0.25) is 0 Å². The minimum atomic E-state index is -0.897. The summed E-state index contributed by atoms with van der Waals surface area (Å²) in [6, 6.07) is 1.99. The van der Waals surface area contributed by atoms with Gasteiger partial charge in [0.1, 0.15) is 5.54 Å². The number of aromatic amines is 1. The second kappa shape index (κ2) is 10.1. The van der Waals surface area contributed by atoms with Gasteiger partial charge in [-0.15, -0.1) is 0 Å². The Kier molecular flexibility index (Phi) is 6.45. The van der Waals surface area contributed by atoms with E-state index in [1.165, 1.54) is 12.4 Å². The quantitative estimate of drug-likeness (QED) is 0.406. The summed E-state index contributed by atoms with van der Waals surface area (Å²) in [4.78, 5) is 53.6. The van der Waals surface area contributed by atoms with Gasteiger partial charge in [0.2, 0.25) is 23.8 Å². The van der Waals surface area contributed by atoms with Crippen LogP contribution in [0.15, 0.2) is 24.7 Å². The number of hydrogen-bond acceptors (Lipinski definition) is 11. The Hall–Kier alpha value is -4.36. The largest absolute Gasteiger partial charge is 0.339 e. The zero-order valence-corrected chi connectivity index (χ0v) is 22.1. The highest BCUT2D eigenvalue weighted by molar-refractivity contribution is 5.99. The van der Waals surface area contributed by atoms with Gasteiger partial charge in [0.05, 0.1) is 6.20 Å². The lowest BCUT2D eigenvalue weighted by molar-refractivity contribution is -0.129. The molecule has 3 aromatic heterocycles. The molecule has 0 spiro atoms. The highest BCUT2D eigenvalue weighted by Crippen LogP contribution is 2.40. The minimum absolute atomic E-state index is 0.0558. The number of anilines is 5. The van der Waals surface area contributed by atoms with Gasteiger partial charge in [-0.05, 0) is 32.6 Å². The van der Waals surface area contributed by atoms with Crippen molar-refractivity contribution < 1.29 is 9.59 Å². The fourth-order valence-electron chi connectivity index (χ4n) is 5.15. The van der Waals surface area contributed by atoms with Crippen molar-refractivity contribution in [1.82, 2.24) is 40.0 Å². The highest BCUT2D eigenvalue weighted by atomic mass is 16.2. The van der Waals surface area contributed by atoms with Crippen LogP contribution in [-0.4, -0.2) is 90.1 Å². The standard InChI is InChI=1S/C25H32N12O2/c1-16(38)35-10-12-36(13-11-35)23-30-22(29-19-14-18(33-34-19)17-4-5-17)31-24(32-23)37-9-3-6-25(37,2)21(39)28-20-15-26-7-8-27-20/h7-8,14-15,17H,3-6,9-13H2,1-2H3,(H,27,28,39)(H2,29,30,31,32,33,34). The molecule has 2 amide bonds. The molecule has 3 N–H and O–H groups in total. The predicted octanol–water partition coefficient (Wildman–Crippen LogP) is 1.67. The van der Waals surface area contributed by atoms with Crippen LogP contribution in [0.1, 0.15) is 51.1 Å². The third-order valence-corrected chi connectivity index (χ3v) is 7.65. The molecule has 3 aromatic rings. The summed E-state index contributed by atoms with van der Waals surface area (Å²) in [7, 11) is 0. The maximum atomic E-state index is 13.5. The molecule has 5 heterocycles. The SMILES string of the molecule is CC(=O)N1CCN(c2nc(Nc3cc(C4CC4)[nH]n3)nc(N3CCCC3(C)C(=O)Nc3cnccn3)n2)CC1. The number of nitrogens with zero attached hydrogens (tertiary/aromatic N) is 9. The Morgan fingerprint density at radius 3 is 2.54 bits per heavy atom. The molecule has 0 aromatic carbocycles. The minimum Gasteiger partial charge on any atom is -0.339 e. The van der Waals surface area contributed by atoms with Crippen molar-refractivity contribution in [2.75, 3.05) is 53.2 Å². The number of aromatic nitrogens is 7. The van der Waals surface area contributed by atoms with Crippen LogP contribution in [0, 0.1) is 0 Å². The number of hydrogen-bond donors (Lipinski definition) is 3. The van der Waals surface area contributed by atoms with Crippen LogP contribution >= 0.6 is 0 Å². The molecule has 2 saturated heterocycles. The molecule has 6 rings (SSSR count). The zero-order chi connectivity index (χ0) is 27.0. The summed E-state index contributed by atoms with van der Waals surface area (Å²) in [6.07, 6.45) is 8.37. The maximum Gasteiger partial charge on any atom is 0.251 e. The topological polar surface area (TPSA) is 161 Å². The van der Waals surface area contributed by atoms with Crippen molar-refractivity contribution in [3.05, 3.63) is 30.4 Å². The fraction of sp³-hybridized carbons (Fsp3) is 0.520. The smallest absolute Gasteiger partial charge is 0.251 e. The number of nitrogens with one attached hydrogen (secondary N) is 3. The summed E-state index contributed by atoms with van der Waals surface area (Å²) in [6.45, 7) is 6.46. The van der Waals surface area contributed by atoms with E-state index in [1.54, 1.807) is 13.1 Å². The van der Waals surface area contributed by atoms with E-state index in [4.69, 9.17) is 15.0 Å². The van der Waals surface area contributed by atoms with Crippen LogP contribution in [0.4, 0.5) is 29.5 Å². The third kappa shape index (κ3) is 5.18. The molecule has 1 aliphatic carbocycles. The first kappa shape index (κ1) is 24.9. The molecule has 0 bridgehead atoms. The number of rotatable bonds is 7. The molecule has 2 aliphatic heterocycles.